The van der Waals surface area contributed by atoms with Gasteiger partial charge in [0.05, 0.1) is 22.6 Å². The van der Waals surface area contributed by atoms with Gasteiger partial charge in [0.15, 0.2) is 0 Å². The van der Waals surface area contributed by atoms with Gasteiger partial charge in [-0.05, 0) is 41.6 Å². The summed E-state index contributed by atoms with van der Waals surface area (Å²) in [5.74, 6) is 0.654. The molecule has 2 heterocycles. The second-order valence-corrected chi connectivity index (χ2v) is 4.86. The van der Waals surface area contributed by atoms with Crippen LogP contribution in [0.2, 0.25) is 0 Å². The standard InChI is InChI=1S/C11H12IN3O2/c1-8(15-7-9(12)5-14-15)11(16)13-6-10-3-2-4-17-10/h2-5,7-8H,6H2,1H3,(H,13,16). The van der Waals surface area contributed by atoms with Crippen molar-refractivity contribution >= 4 is 28.5 Å². The maximum Gasteiger partial charge on any atom is 0.244 e. The van der Waals surface area contributed by atoms with E-state index >= 15 is 0 Å². The van der Waals surface area contributed by atoms with Crippen LogP contribution < -0.4 is 5.32 Å². The first-order valence-electron chi connectivity index (χ1n) is 5.16. The van der Waals surface area contributed by atoms with Gasteiger partial charge in [-0.2, -0.15) is 5.10 Å². The van der Waals surface area contributed by atoms with Crippen LogP contribution in [0.25, 0.3) is 0 Å². The van der Waals surface area contributed by atoms with E-state index in [4.69, 9.17) is 4.42 Å². The molecular formula is C11H12IN3O2. The highest BCUT2D eigenvalue weighted by Gasteiger charge is 2.15. The summed E-state index contributed by atoms with van der Waals surface area (Å²) >= 11 is 2.16. The summed E-state index contributed by atoms with van der Waals surface area (Å²) in [5, 5.41) is 6.90. The van der Waals surface area contributed by atoms with Crippen molar-refractivity contribution in [1.82, 2.24) is 15.1 Å². The van der Waals surface area contributed by atoms with Crippen LogP contribution in [-0.4, -0.2) is 15.7 Å². The third kappa shape index (κ3) is 3.09. The van der Waals surface area contributed by atoms with Crippen LogP contribution >= 0.6 is 22.6 Å². The summed E-state index contributed by atoms with van der Waals surface area (Å²) in [4.78, 5) is 11.8. The molecule has 1 amide bonds. The fourth-order valence-electron chi connectivity index (χ4n) is 1.38. The van der Waals surface area contributed by atoms with Gasteiger partial charge in [-0.15, -0.1) is 0 Å². The van der Waals surface area contributed by atoms with Crippen molar-refractivity contribution in [2.45, 2.75) is 19.5 Å². The summed E-state index contributed by atoms with van der Waals surface area (Å²) in [5.41, 5.74) is 0. The minimum atomic E-state index is -0.325. The molecule has 2 rings (SSSR count). The molecule has 6 heteroatoms. The van der Waals surface area contributed by atoms with Crippen LogP contribution in [0, 0.1) is 3.57 Å². The van der Waals surface area contributed by atoms with Gasteiger partial charge in [0.25, 0.3) is 0 Å². The Morgan fingerprint density at radius 1 is 1.71 bits per heavy atom. The highest BCUT2D eigenvalue weighted by Crippen LogP contribution is 2.09. The number of hydrogen-bond donors (Lipinski definition) is 1. The van der Waals surface area contributed by atoms with Crippen LogP contribution in [0.4, 0.5) is 0 Å². The molecule has 1 unspecified atom stereocenters. The number of aromatic nitrogens is 2. The average Bonchev–Trinajstić information content (AvgIpc) is 2.95. The lowest BCUT2D eigenvalue weighted by molar-refractivity contribution is -0.124. The summed E-state index contributed by atoms with van der Waals surface area (Å²) in [6.45, 7) is 2.20. The van der Waals surface area contributed by atoms with Crippen LogP contribution in [-0.2, 0) is 11.3 Å². The molecule has 0 saturated heterocycles. The number of amides is 1. The molecule has 0 fully saturated rings. The highest BCUT2D eigenvalue weighted by atomic mass is 127. The number of nitrogens with one attached hydrogen (secondary N) is 1. The topological polar surface area (TPSA) is 60.1 Å². The molecule has 0 spiro atoms. The lowest BCUT2D eigenvalue weighted by Crippen LogP contribution is -2.30. The molecule has 2 aromatic heterocycles. The van der Waals surface area contributed by atoms with Gasteiger partial charge >= 0.3 is 0 Å². The van der Waals surface area contributed by atoms with Crippen molar-refractivity contribution in [3.63, 3.8) is 0 Å². The zero-order valence-corrected chi connectivity index (χ0v) is 11.4. The number of halogens is 1. The molecule has 1 atom stereocenters. The lowest BCUT2D eigenvalue weighted by atomic mass is 10.3. The van der Waals surface area contributed by atoms with E-state index in [1.807, 2.05) is 12.3 Å². The Labute approximate surface area is 112 Å². The largest absolute Gasteiger partial charge is 0.467 e. The fraction of sp³-hybridized carbons (Fsp3) is 0.273. The Morgan fingerprint density at radius 3 is 3.12 bits per heavy atom. The third-order valence-corrected chi connectivity index (χ3v) is 2.92. The molecule has 0 saturated carbocycles. The van der Waals surface area contributed by atoms with E-state index in [0.717, 1.165) is 9.33 Å². The predicted octanol–water partition coefficient (Wildman–Crippen LogP) is 1.96. The minimum absolute atomic E-state index is 0.0825. The molecule has 0 aliphatic carbocycles. The minimum Gasteiger partial charge on any atom is -0.467 e. The number of carbonyl (C=O) groups is 1. The van der Waals surface area contributed by atoms with Gasteiger partial charge in [-0.3, -0.25) is 9.48 Å². The van der Waals surface area contributed by atoms with Crippen molar-refractivity contribution in [3.8, 4) is 0 Å². The van der Waals surface area contributed by atoms with Gasteiger partial charge in [-0.1, -0.05) is 0 Å². The Kier molecular flexibility index (Phi) is 3.82. The van der Waals surface area contributed by atoms with Crippen LogP contribution in [0.5, 0.6) is 0 Å². The van der Waals surface area contributed by atoms with Crippen molar-refractivity contribution in [2.24, 2.45) is 0 Å². The fourth-order valence-corrected chi connectivity index (χ4v) is 1.79. The number of rotatable bonds is 4. The summed E-state index contributed by atoms with van der Waals surface area (Å²) < 4.78 is 7.78. The molecule has 90 valence electrons. The molecule has 1 N–H and O–H groups in total. The van der Waals surface area contributed by atoms with Gasteiger partial charge in [0.2, 0.25) is 5.91 Å². The Morgan fingerprint density at radius 2 is 2.53 bits per heavy atom. The van der Waals surface area contributed by atoms with Crippen molar-refractivity contribution < 1.29 is 9.21 Å². The van der Waals surface area contributed by atoms with Crippen molar-refractivity contribution in [3.05, 3.63) is 40.1 Å². The molecule has 0 aliphatic heterocycles. The normalized spacial score (nSPS) is 12.4. The lowest BCUT2D eigenvalue weighted by Gasteiger charge is -2.11. The Hall–Kier alpha value is -1.31. The first-order chi connectivity index (χ1) is 8.16. The molecule has 0 aromatic carbocycles. The van der Waals surface area contributed by atoms with Crippen LogP contribution in [0.15, 0.2) is 35.2 Å². The average molecular weight is 345 g/mol. The maximum atomic E-state index is 11.8. The van der Waals surface area contributed by atoms with Crippen LogP contribution in [0.1, 0.15) is 18.7 Å². The Bertz CT molecular complexity index is 493. The second-order valence-electron chi connectivity index (χ2n) is 3.61. The molecule has 0 bridgehead atoms. The van der Waals surface area contributed by atoms with Gasteiger partial charge in [0.1, 0.15) is 11.8 Å². The highest BCUT2D eigenvalue weighted by molar-refractivity contribution is 14.1. The third-order valence-electron chi connectivity index (χ3n) is 2.36. The van der Waals surface area contributed by atoms with E-state index in [-0.39, 0.29) is 11.9 Å². The van der Waals surface area contributed by atoms with E-state index < -0.39 is 0 Å². The second kappa shape index (κ2) is 5.35. The molecule has 5 nitrogen and oxygen atoms in total. The molecule has 2 aromatic rings. The monoisotopic (exact) mass is 345 g/mol. The van der Waals surface area contributed by atoms with Gasteiger partial charge in [-0.25, -0.2) is 0 Å². The Balaban J connectivity index is 1.91. The number of carbonyl (C=O) groups excluding carboxylic acids is 1. The molecular weight excluding hydrogens is 333 g/mol. The van der Waals surface area contributed by atoms with Gasteiger partial charge in [0, 0.05) is 6.20 Å². The first-order valence-corrected chi connectivity index (χ1v) is 6.24. The SMILES string of the molecule is CC(C(=O)NCc1ccco1)n1cc(I)cn1. The van der Waals surface area contributed by atoms with Crippen molar-refractivity contribution in [1.29, 1.82) is 0 Å². The molecule has 0 aliphatic rings. The van der Waals surface area contributed by atoms with E-state index in [0.29, 0.717) is 6.54 Å². The zero-order chi connectivity index (χ0) is 12.3. The smallest absolute Gasteiger partial charge is 0.244 e. The first kappa shape index (κ1) is 12.2. The molecule has 0 radical (unpaired) electrons. The quantitative estimate of drug-likeness (QED) is 0.862. The molecule has 17 heavy (non-hydrogen) atoms. The summed E-state index contributed by atoms with van der Waals surface area (Å²) in [6, 6.07) is 3.29. The van der Waals surface area contributed by atoms with E-state index in [1.165, 1.54) is 0 Å². The van der Waals surface area contributed by atoms with Crippen LogP contribution in [0.3, 0.4) is 0 Å². The van der Waals surface area contributed by atoms with Crippen molar-refractivity contribution in [2.75, 3.05) is 0 Å². The van der Waals surface area contributed by atoms with E-state index in [9.17, 15) is 4.79 Å². The van der Waals surface area contributed by atoms with Gasteiger partial charge < -0.3 is 9.73 Å². The summed E-state index contributed by atoms with van der Waals surface area (Å²) in [6.07, 6.45) is 5.13. The number of furan rings is 1. The summed E-state index contributed by atoms with van der Waals surface area (Å²) in [7, 11) is 0. The van der Waals surface area contributed by atoms with E-state index in [2.05, 4.69) is 33.0 Å². The number of hydrogen-bond acceptors (Lipinski definition) is 3. The maximum absolute atomic E-state index is 11.8. The predicted molar refractivity (Wildman–Crippen MR) is 70.2 cm³/mol. The zero-order valence-electron chi connectivity index (χ0n) is 9.26. The van der Waals surface area contributed by atoms with E-state index in [1.54, 1.807) is 30.1 Å². The number of nitrogens with zero attached hydrogens (tertiary/aromatic N) is 2.